The molecule has 1 N–H and O–H groups in total. The summed E-state index contributed by atoms with van der Waals surface area (Å²) >= 11 is 0. The highest BCUT2D eigenvalue weighted by Crippen LogP contribution is 2.38. The molecule has 6 nitrogen and oxygen atoms in total. The molecule has 3 aromatic rings. The summed E-state index contributed by atoms with van der Waals surface area (Å²) in [4.78, 5) is 31.8. The normalized spacial score (nSPS) is 13.7. The lowest BCUT2D eigenvalue weighted by atomic mass is 9.99. The van der Waals surface area contributed by atoms with E-state index in [1.165, 1.54) is 0 Å². The van der Waals surface area contributed by atoms with Crippen molar-refractivity contribution in [1.82, 2.24) is 15.2 Å². The zero-order chi connectivity index (χ0) is 23.4. The van der Waals surface area contributed by atoms with Crippen molar-refractivity contribution in [3.8, 4) is 5.75 Å². The first-order valence-electron chi connectivity index (χ1n) is 11.2. The van der Waals surface area contributed by atoms with Crippen molar-refractivity contribution in [3.63, 3.8) is 0 Å². The first kappa shape index (κ1) is 22.5. The predicted octanol–water partition coefficient (Wildman–Crippen LogP) is 4.33. The maximum atomic E-state index is 13.6. The minimum absolute atomic E-state index is 0.0144. The highest BCUT2D eigenvalue weighted by molar-refractivity contribution is 6.09. The number of amides is 2. The molecule has 0 radical (unpaired) electrons. The van der Waals surface area contributed by atoms with Crippen LogP contribution in [0.4, 0.5) is 0 Å². The number of rotatable bonds is 7. The number of para-hydroxylation sites is 1. The number of pyridine rings is 1. The van der Waals surface area contributed by atoms with Gasteiger partial charge in [-0.05, 0) is 60.2 Å². The van der Waals surface area contributed by atoms with Crippen LogP contribution in [0.3, 0.4) is 0 Å². The van der Waals surface area contributed by atoms with Crippen LogP contribution in [0.2, 0.25) is 0 Å². The van der Waals surface area contributed by atoms with E-state index in [4.69, 9.17) is 9.72 Å². The number of hydrogen-bond acceptors (Lipinski definition) is 4. The van der Waals surface area contributed by atoms with Crippen LogP contribution >= 0.6 is 0 Å². The van der Waals surface area contributed by atoms with Crippen molar-refractivity contribution in [1.29, 1.82) is 0 Å². The molecule has 0 unspecified atom stereocenters. The maximum absolute atomic E-state index is 13.6. The molecule has 2 amide bonds. The molecule has 0 saturated heterocycles. The third kappa shape index (κ3) is 4.75. The molecule has 0 bridgehead atoms. The molecule has 33 heavy (non-hydrogen) atoms. The van der Waals surface area contributed by atoms with Gasteiger partial charge >= 0.3 is 0 Å². The summed E-state index contributed by atoms with van der Waals surface area (Å²) in [6.07, 6.45) is 4.79. The summed E-state index contributed by atoms with van der Waals surface area (Å²) in [6.45, 7) is 0.520. The van der Waals surface area contributed by atoms with Crippen molar-refractivity contribution in [2.24, 2.45) is 0 Å². The number of aromatic nitrogens is 1. The number of nitrogens with zero attached hydrogens (tertiary/aromatic N) is 2. The lowest BCUT2D eigenvalue weighted by Gasteiger charge is -2.20. The first-order valence-corrected chi connectivity index (χ1v) is 11.2. The quantitative estimate of drug-likeness (QED) is 0.590. The van der Waals surface area contributed by atoms with Gasteiger partial charge in [-0.1, -0.05) is 30.3 Å². The molecule has 1 aliphatic carbocycles. The van der Waals surface area contributed by atoms with Gasteiger partial charge in [0, 0.05) is 32.4 Å². The van der Waals surface area contributed by atoms with E-state index >= 15 is 0 Å². The van der Waals surface area contributed by atoms with E-state index in [0.29, 0.717) is 19.4 Å². The van der Waals surface area contributed by atoms with Crippen molar-refractivity contribution in [3.05, 3.63) is 70.9 Å². The van der Waals surface area contributed by atoms with Crippen LogP contribution in [0.5, 0.6) is 5.75 Å². The third-order valence-corrected chi connectivity index (χ3v) is 6.14. The fourth-order valence-electron chi connectivity index (χ4n) is 4.32. The largest absolute Gasteiger partial charge is 0.497 e. The number of nitrogens with one attached hydrogen (secondary N) is 1. The van der Waals surface area contributed by atoms with E-state index < -0.39 is 0 Å². The summed E-state index contributed by atoms with van der Waals surface area (Å²) in [5.41, 5.74) is 5.69. The zero-order valence-electron chi connectivity index (χ0n) is 19.4. The van der Waals surface area contributed by atoms with E-state index in [2.05, 4.69) is 11.4 Å². The molecule has 0 aliphatic heterocycles. The van der Waals surface area contributed by atoms with Crippen molar-refractivity contribution in [2.75, 3.05) is 27.7 Å². The summed E-state index contributed by atoms with van der Waals surface area (Å²) in [6, 6.07) is 15.8. The number of carbonyl (C=O) groups excluding carboxylic acids is 2. The van der Waals surface area contributed by atoms with E-state index in [-0.39, 0.29) is 11.8 Å². The molecule has 1 heterocycles. The van der Waals surface area contributed by atoms with Gasteiger partial charge in [0.15, 0.2) is 0 Å². The van der Waals surface area contributed by atoms with E-state index in [1.54, 1.807) is 26.1 Å². The third-order valence-electron chi connectivity index (χ3n) is 6.14. The number of ether oxygens (including phenoxy) is 1. The number of allylic oxidation sites excluding steroid dienone is 1. The Bertz CT molecular complexity index is 1220. The van der Waals surface area contributed by atoms with Crippen LogP contribution < -0.4 is 10.1 Å². The topological polar surface area (TPSA) is 71.5 Å². The van der Waals surface area contributed by atoms with Gasteiger partial charge in [0.25, 0.3) is 5.91 Å². The Labute approximate surface area is 194 Å². The average Bonchev–Trinajstić information content (AvgIpc) is 3.24. The van der Waals surface area contributed by atoms with Gasteiger partial charge in [0.05, 0.1) is 23.9 Å². The predicted molar refractivity (Wildman–Crippen MR) is 131 cm³/mol. The molecule has 0 spiro atoms. The Morgan fingerprint density at radius 1 is 1.12 bits per heavy atom. The molecule has 0 atom stereocenters. The van der Waals surface area contributed by atoms with Crippen LogP contribution in [0.15, 0.2) is 48.5 Å². The molecule has 4 rings (SSSR count). The maximum Gasteiger partial charge on any atom is 0.254 e. The SMILES string of the molecule is CNC(=O)CCCN(C)C(=O)c1c2c(nc3ccccc13)/C(=C\c1ccc(OC)cc1)CC2. The van der Waals surface area contributed by atoms with Gasteiger partial charge < -0.3 is 15.0 Å². The highest BCUT2D eigenvalue weighted by Gasteiger charge is 2.28. The number of methoxy groups -OCH3 is 1. The molecular weight excluding hydrogens is 414 g/mol. The van der Waals surface area contributed by atoms with Gasteiger partial charge in [-0.25, -0.2) is 4.98 Å². The van der Waals surface area contributed by atoms with Crippen LogP contribution in [0, 0.1) is 0 Å². The second-order valence-corrected chi connectivity index (χ2v) is 8.28. The molecule has 170 valence electrons. The summed E-state index contributed by atoms with van der Waals surface area (Å²) in [5.74, 6) is 0.785. The van der Waals surface area contributed by atoms with Gasteiger partial charge in [-0.3, -0.25) is 9.59 Å². The lowest BCUT2D eigenvalue weighted by molar-refractivity contribution is -0.120. The smallest absolute Gasteiger partial charge is 0.254 e. The van der Waals surface area contributed by atoms with E-state index in [9.17, 15) is 9.59 Å². The number of benzene rings is 2. The molecule has 0 fully saturated rings. The van der Waals surface area contributed by atoms with Gasteiger partial charge in [0.2, 0.25) is 5.91 Å². The number of carbonyl (C=O) groups is 2. The van der Waals surface area contributed by atoms with Gasteiger partial charge in [0.1, 0.15) is 5.75 Å². The van der Waals surface area contributed by atoms with Crippen molar-refractivity contribution < 1.29 is 14.3 Å². The Morgan fingerprint density at radius 3 is 2.61 bits per heavy atom. The summed E-state index contributed by atoms with van der Waals surface area (Å²) < 4.78 is 5.26. The Kier molecular flexibility index (Phi) is 6.73. The second kappa shape index (κ2) is 9.86. The minimum Gasteiger partial charge on any atom is -0.497 e. The fraction of sp³-hybridized carbons (Fsp3) is 0.296. The van der Waals surface area contributed by atoms with Crippen molar-refractivity contribution >= 4 is 34.4 Å². The highest BCUT2D eigenvalue weighted by atomic mass is 16.5. The molecular formula is C27H29N3O3. The number of hydrogen-bond donors (Lipinski definition) is 1. The minimum atomic E-state index is -0.0209. The Hall–Kier alpha value is -3.67. The molecule has 6 heteroatoms. The fourth-order valence-corrected chi connectivity index (χ4v) is 4.32. The monoisotopic (exact) mass is 443 g/mol. The molecule has 2 aromatic carbocycles. The summed E-state index contributed by atoms with van der Waals surface area (Å²) in [7, 11) is 5.08. The molecule has 1 aliphatic rings. The average molecular weight is 444 g/mol. The Balaban J connectivity index is 1.70. The first-order chi connectivity index (χ1) is 16.0. The van der Waals surface area contributed by atoms with E-state index in [1.807, 2.05) is 48.5 Å². The van der Waals surface area contributed by atoms with Crippen LogP contribution in [-0.4, -0.2) is 49.4 Å². The summed E-state index contributed by atoms with van der Waals surface area (Å²) in [5, 5.41) is 3.50. The van der Waals surface area contributed by atoms with Crippen molar-refractivity contribution in [2.45, 2.75) is 25.7 Å². The molecule has 1 aromatic heterocycles. The zero-order valence-corrected chi connectivity index (χ0v) is 19.4. The number of fused-ring (bicyclic) bond motifs is 2. The van der Waals surface area contributed by atoms with Crippen LogP contribution in [0.25, 0.3) is 22.6 Å². The standard InChI is InChI=1S/C27H29N3O3/c1-28-24(31)9-6-16-30(2)27(32)25-21-7-4-5-8-23(21)29-26-19(12-15-22(25)26)17-18-10-13-20(33-3)14-11-18/h4-5,7-8,10-11,13-14,17H,6,9,12,15-16H2,1-3H3,(H,28,31)/b19-17-. The lowest BCUT2D eigenvalue weighted by Crippen LogP contribution is -2.30. The van der Waals surface area contributed by atoms with Crippen LogP contribution in [-0.2, 0) is 11.2 Å². The van der Waals surface area contributed by atoms with Gasteiger partial charge in [-0.2, -0.15) is 0 Å². The van der Waals surface area contributed by atoms with Gasteiger partial charge in [-0.15, -0.1) is 0 Å². The second-order valence-electron chi connectivity index (χ2n) is 8.28. The Morgan fingerprint density at radius 2 is 1.88 bits per heavy atom. The van der Waals surface area contributed by atoms with Crippen LogP contribution in [0.1, 0.15) is 46.4 Å². The molecule has 0 saturated carbocycles. The van der Waals surface area contributed by atoms with E-state index in [0.717, 1.165) is 57.5 Å².